The number of guanidine groups is 1. The molecule has 0 aliphatic rings. The smallest absolute Gasteiger partial charge is 0.387 e. The van der Waals surface area contributed by atoms with Crippen LogP contribution < -0.4 is 15.4 Å². The fourth-order valence-electron chi connectivity index (χ4n) is 1.63. The Labute approximate surface area is 132 Å². The summed E-state index contributed by atoms with van der Waals surface area (Å²) in [7, 11) is 0. The molecule has 7 heteroatoms. The molecule has 0 saturated carbocycles. The molecule has 0 atom stereocenters. The molecule has 0 spiro atoms. The van der Waals surface area contributed by atoms with Gasteiger partial charge < -0.3 is 15.4 Å². The quantitative estimate of drug-likeness (QED) is 0.575. The Morgan fingerprint density at radius 2 is 2.10 bits per heavy atom. The minimum absolute atomic E-state index is 0.142. The lowest BCUT2D eigenvalue weighted by Crippen LogP contribution is -2.37. The van der Waals surface area contributed by atoms with Crippen molar-refractivity contribution < 1.29 is 13.5 Å². The summed E-state index contributed by atoms with van der Waals surface area (Å²) in [5.41, 5.74) is 0.596. The van der Waals surface area contributed by atoms with Gasteiger partial charge in [0.25, 0.3) is 0 Å². The Balaban J connectivity index is 2.85. The highest BCUT2D eigenvalue weighted by Gasteiger charge is 2.10. The van der Waals surface area contributed by atoms with Gasteiger partial charge in [-0.15, -0.1) is 0 Å². The van der Waals surface area contributed by atoms with Gasteiger partial charge in [-0.2, -0.15) is 8.78 Å². The Morgan fingerprint density at radius 3 is 2.71 bits per heavy atom. The second kappa shape index (κ2) is 9.55. The van der Waals surface area contributed by atoms with Crippen LogP contribution in [0.15, 0.2) is 27.7 Å². The zero-order valence-electron chi connectivity index (χ0n) is 12.1. The van der Waals surface area contributed by atoms with Crippen molar-refractivity contribution in [3.63, 3.8) is 0 Å². The van der Waals surface area contributed by atoms with Gasteiger partial charge in [-0.3, -0.25) is 0 Å². The van der Waals surface area contributed by atoms with Crippen LogP contribution in [0.4, 0.5) is 8.78 Å². The van der Waals surface area contributed by atoms with E-state index in [1.165, 1.54) is 6.07 Å². The van der Waals surface area contributed by atoms with Gasteiger partial charge in [0, 0.05) is 23.1 Å². The van der Waals surface area contributed by atoms with E-state index in [1.807, 2.05) is 6.92 Å². The Bertz CT molecular complexity index is 470. The maximum absolute atomic E-state index is 12.4. The third-order valence-electron chi connectivity index (χ3n) is 2.53. The highest BCUT2D eigenvalue weighted by Crippen LogP contribution is 2.25. The van der Waals surface area contributed by atoms with Crippen LogP contribution in [0.2, 0.25) is 0 Å². The first kappa shape index (κ1) is 17.7. The SMILES string of the molecule is CCCNC(=NCc1cc(Br)ccc1OC(F)F)NCC. The van der Waals surface area contributed by atoms with E-state index in [-0.39, 0.29) is 12.3 Å². The van der Waals surface area contributed by atoms with Crippen LogP contribution in [0, 0.1) is 0 Å². The van der Waals surface area contributed by atoms with Crippen molar-refractivity contribution in [3.8, 4) is 5.75 Å². The van der Waals surface area contributed by atoms with E-state index >= 15 is 0 Å². The molecule has 0 radical (unpaired) electrons. The lowest BCUT2D eigenvalue weighted by atomic mass is 10.2. The fraction of sp³-hybridized carbons (Fsp3) is 0.500. The van der Waals surface area contributed by atoms with Gasteiger partial charge in [-0.1, -0.05) is 22.9 Å². The molecule has 118 valence electrons. The predicted molar refractivity (Wildman–Crippen MR) is 83.9 cm³/mol. The van der Waals surface area contributed by atoms with E-state index in [2.05, 4.69) is 43.2 Å². The first-order valence-corrected chi connectivity index (χ1v) is 7.61. The van der Waals surface area contributed by atoms with Gasteiger partial charge in [-0.25, -0.2) is 4.99 Å². The van der Waals surface area contributed by atoms with Crippen molar-refractivity contribution in [2.24, 2.45) is 4.99 Å². The van der Waals surface area contributed by atoms with Gasteiger partial charge in [0.1, 0.15) is 5.75 Å². The minimum Gasteiger partial charge on any atom is -0.434 e. The Kier molecular flexibility index (Phi) is 8.04. The molecule has 0 fully saturated rings. The van der Waals surface area contributed by atoms with Crippen molar-refractivity contribution in [1.82, 2.24) is 10.6 Å². The Hall–Kier alpha value is -1.37. The van der Waals surface area contributed by atoms with Gasteiger partial charge in [0.15, 0.2) is 5.96 Å². The van der Waals surface area contributed by atoms with Crippen LogP contribution in [-0.4, -0.2) is 25.7 Å². The lowest BCUT2D eigenvalue weighted by Gasteiger charge is -2.12. The number of halogens is 3. The first-order valence-electron chi connectivity index (χ1n) is 6.82. The van der Waals surface area contributed by atoms with Crippen molar-refractivity contribution in [2.75, 3.05) is 13.1 Å². The van der Waals surface area contributed by atoms with Crippen LogP contribution >= 0.6 is 15.9 Å². The second-order valence-electron chi connectivity index (χ2n) is 4.25. The highest BCUT2D eigenvalue weighted by atomic mass is 79.9. The monoisotopic (exact) mass is 363 g/mol. The third kappa shape index (κ3) is 6.75. The molecular weight excluding hydrogens is 344 g/mol. The number of nitrogens with zero attached hydrogens (tertiary/aromatic N) is 1. The zero-order valence-corrected chi connectivity index (χ0v) is 13.7. The molecule has 0 amide bonds. The number of hydrogen-bond acceptors (Lipinski definition) is 2. The number of benzene rings is 1. The maximum atomic E-state index is 12.4. The maximum Gasteiger partial charge on any atom is 0.387 e. The standard InChI is InChI=1S/C14H20BrF2N3O/c1-3-7-19-14(18-4-2)20-9-10-8-11(15)5-6-12(10)21-13(16)17/h5-6,8,13H,3-4,7,9H2,1-2H3,(H2,18,19,20). The summed E-state index contributed by atoms with van der Waals surface area (Å²) < 4.78 is 30.1. The minimum atomic E-state index is -2.85. The normalized spacial score (nSPS) is 11.6. The molecule has 21 heavy (non-hydrogen) atoms. The zero-order chi connectivity index (χ0) is 15.7. The van der Waals surface area contributed by atoms with Gasteiger partial charge in [0.05, 0.1) is 6.54 Å². The summed E-state index contributed by atoms with van der Waals surface area (Å²) in [6, 6.07) is 4.89. The van der Waals surface area contributed by atoms with Crippen LogP contribution in [0.5, 0.6) is 5.75 Å². The van der Waals surface area contributed by atoms with Crippen LogP contribution in [0.3, 0.4) is 0 Å². The molecule has 0 unspecified atom stereocenters. The molecule has 0 aromatic heterocycles. The lowest BCUT2D eigenvalue weighted by molar-refractivity contribution is -0.0504. The van der Waals surface area contributed by atoms with Crippen molar-refractivity contribution in [1.29, 1.82) is 0 Å². The summed E-state index contributed by atoms with van der Waals surface area (Å²) in [4.78, 5) is 4.38. The van der Waals surface area contributed by atoms with Crippen LogP contribution in [0.25, 0.3) is 0 Å². The van der Waals surface area contributed by atoms with Crippen LogP contribution in [0.1, 0.15) is 25.8 Å². The van der Waals surface area contributed by atoms with Gasteiger partial charge in [-0.05, 0) is 31.5 Å². The highest BCUT2D eigenvalue weighted by molar-refractivity contribution is 9.10. The van der Waals surface area contributed by atoms with E-state index < -0.39 is 6.61 Å². The molecule has 0 heterocycles. The molecule has 1 aromatic carbocycles. The van der Waals surface area contributed by atoms with Crippen molar-refractivity contribution in [3.05, 3.63) is 28.2 Å². The first-order chi connectivity index (χ1) is 10.1. The van der Waals surface area contributed by atoms with E-state index in [4.69, 9.17) is 0 Å². The average Bonchev–Trinajstić information content (AvgIpc) is 2.44. The van der Waals surface area contributed by atoms with Gasteiger partial charge in [0.2, 0.25) is 0 Å². The van der Waals surface area contributed by atoms with E-state index in [9.17, 15) is 8.78 Å². The molecule has 0 aliphatic heterocycles. The molecule has 1 rings (SSSR count). The number of ether oxygens (including phenoxy) is 1. The number of hydrogen-bond donors (Lipinski definition) is 2. The van der Waals surface area contributed by atoms with E-state index in [0.29, 0.717) is 11.5 Å². The number of rotatable bonds is 7. The molecule has 4 nitrogen and oxygen atoms in total. The van der Waals surface area contributed by atoms with Crippen molar-refractivity contribution in [2.45, 2.75) is 33.4 Å². The summed E-state index contributed by atoms with van der Waals surface area (Å²) in [5, 5.41) is 6.25. The number of alkyl halides is 2. The van der Waals surface area contributed by atoms with E-state index in [1.54, 1.807) is 12.1 Å². The molecule has 0 bridgehead atoms. The van der Waals surface area contributed by atoms with Gasteiger partial charge >= 0.3 is 6.61 Å². The summed E-state index contributed by atoms with van der Waals surface area (Å²) >= 11 is 3.32. The molecular formula is C14H20BrF2N3O. The summed E-state index contributed by atoms with van der Waals surface area (Å²) in [6.45, 7) is 2.95. The number of aliphatic imine (C=N–C) groups is 1. The average molecular weight is 364 g/mol. The second-order valence-corrected chi connectivity index (χ2v) is 5.17. The largest absolute Gasteiger partial charge is 0.434 e. The predicted octanol–water partition coefficient (Wildman–Crippen LogP) is 3.52. The molecule has 1 aromatic rings. The van der Waals surface area contributed by atoms with Crippen molar-refractivity contribution >= 4 is 21.9 Å². The summed E-state index contributed by atoms with van der Waals surface area (Å²) in [6.07, 6.45) is 0.973. The number of nitrogens with one attached hydrogen (secondary N) is 2. The molecule has 0 aliphatic carbocycles. The Morgan fingerprint density at radius 1 is 1.33 bits per heavy atom. The summed E-state index contributed by atoms with van der Waals surface area (Å²) in [5.74, 6) is 0.797. The van der Waals surface area contributed by atoms with E-state index in [0.717, 1.165) is 24.0 Å². The third-order valence-corrected chi connectivity index (χ3v) is 3.03. The molecule has 2 N–H and O–H groups in total. The van der Waals surface area contributed by atoms with Crippen LogP contribution in [-0.2, 0) is 6.54 Å². The topological polar surface area (TPSA) is 45.7 Å². The fourth-order valence-corrected chi connectivity index (χ4v) is 2.04. The molecule has 0 saturated heterocycles.